The van der Waals surface area contributed by atoms with Gasteiger partial charge in [-0.25, -0.2) is 4.79 Å². The monoisotopic (exact) mass is 487 g/mol. The molecule has 0 aromatic heterocycles. The van der Waals surface area contributed by atoms with Crippen LogP contribution in [0.25, 0.3) is 0 Å². The van der Waals surface area contributed by atoms with Crippen LogP contribution in [-0.4, -0.2) is 42.4 Å². The Bertz CT molecular complexity index is 1250. The Morgan fingerprint density at radius 2 is 1.54 bits per heavy atom. The average molecular weight is 488 g/mol. The molecule has 0 bridgehead atoms. The SMILES string of the molecule is CCN(CC)C(=O)c1ccc(NC(=O)COC(=O)c2ccccc2Sc2ccccc2C#N)cc1. The van der Waals surface area contributed by atoms with E-state index in [0.29, 0.717) is 40.4 Å². The van der Waals surface area contributed by atoms with Gasteiger partial charge in [0.1, 0.15) is 6.07 Å². The second kappa shape index (κ2) is 12.4. The molecule has 3 aromatic rings. The molecule has 0 fully saturated rings. The molecule has 35 heavy (non-hydrogen) atoms. The van der Waals surface area contributed by atoms with Crippen molar-refractivity contribution in [3.05, 3.63) is 89.5 Å². The first-order valence-corrected chi connectivity index (χ1v) is 11.9. The van der Waals surface area contributed by atoms with Gasteiger partial charge in [-0.05, 0) is 62.4 Å². The van der Waals surface area contributed by atoms with Crippen molar-refractivity contribution in [2.24, 2.45) is 0 Å². The van der Waals surface area contributed by atoms with Crippen LogP contribution in [0.5, 0.6) is 0 Å². The second-order valence-corrected chi connectivity index (χ2v) is 8.47. The summed E-state index contributed by atoms with van der Waals surface area (Å²) in [6.45, 7) is 4.60. The first kappa shape index (κ1) is 25.5. The fraction of sp³-hybridized carbons (Fsp3) is 0.185. The number of hydrogen-bond acceptors (Lipinski definition) is 6. The minimum atomic E-state index is -0.641. The van der Waals surface area contributed by atoms with E-state index in [2.05, 4.69) is 11.4 Å². The summed E-state index contributed by atoms with van der Waals surface area (Å²) in [6.07, 6.45) is 0. The summed E-state index contributed by atoms with van der Waals surface area (Å²) in [6, 6.07) is 22.7. The number of nitrogens with one attached hydrogen (secondary N) is 1. The van der Waals surface area contributed by atoms with Gasteiger partial charge in [0.05, 0.1) is 11.1 Å². The summed E-state index contributed by atoms with van der Waals surface area (Å²) < 4.78 is 5.23. The summed E-state index contributed by atoms with van der Waals surface area (Å²) in [7, 11) is 0. The molecular formula is C27H25N3O4S. The molecule has 0 saturated heterocycles. The lowest BCUT2D eigenvalue weighted by molar-refractivity contribution is -0.119. The molecule has 8 heteroatoms. The molecule has 0 aliphatic heterocycles. The van der Waals surface area contributed by atoms with Crippen LogP contribution in [-0.2, 0) is 9.53 Å². The first-order valence-electron chi connectivity index (χ1n) is 11.1. The van der Waals surface area contributed by atoms with Gasteiger partial charge < -0.3 is 15.0 Å². The Balaban J connectivity index is 1.60. The van der Waals surface area contributed by atoms with Crippen LogP contribution in [0, 0.1) is 11.3 Å². The van der Waals surface area contributed by atoms with E-state index in [4.69, 9.17) is 4.74 Å². The molecule has 3 rings (SSSR count). The van der Waals surface area contributed by atoms with Crippen molar-refractivity contribution >= 4 is 35.2 Å². The number of amides is 2. The van der Waals surface area contributed by atoms with E-state index >= 15 is 0 Å². The average Bonchev–Trinajstić information content (AvgIpc) is 2.89. The van der Waals surface area contributed by atoms with E-state index in [1.54, 1.807) is 71.6 Å². The minimum absolute atomic E-state index is 0.0734. The molecule has 0 heterocycles. The standard InChI is InChI=1S/C27H25N3O4S/c1-3-30(4-2)26(32)19-13-15-21(16-14-19)29-25(31)18-34-27(33)22-10-6-8-12-24(22)35-23-11-7-5-9-20(23)17-28/h5-16H,3-4,18H2,1-2H3,(H,29,31). The van der Waals surface area contributed by atoms with E-state index in [1.807, 2.05) is 19.9 Å². The van der Waals surface area contributed by atoms with Gasteiger partial charge in [0, 0.05) is 34.1 Å². The maximum absolute atomic E-state index is 12.7. The van der Waals surface area contributed by atoms with Crippen molar-refractivity contribution in [1.82, 2.24) is 4.90 Å². The predicted octanol–water partition coefficient (Wildman–Crippen LogP) is 4.99. The third-order valence-electron chi connectivity index (χ3n) is 5.14. The van der Waals surface area contributed by atoms with Crippen molar-refractivity contribution in [2.45, 2.75) is 23.6 Å². The highest BCUT2D eigenvalue weighted by Crippen LogP contribution is 2.32. The topological polar surface area (TPSA) is 99.5 Å². The number of hydrogen-bond donors (Lipinski definition) is 1. The third-order valence-corrected chi connectivity index (χ3v) is 6.29. The van der Waals surface area contributed by atoms with E-state index in [0.717, 1.165) is 4.90 Å². The van der Waals surface area contributed by atoms with Gasteiger partial charge in [0.15, 0.2) is 6.61 Å². The van der Waals surface area contributed by atoms with Crippen molar-refractivity contribution < 1.29 is 19.1 Å². The van der Waals surface area contributed by atoms with Crippen LogP contribution in [0.4, 0.5) is 5.69 Å². The molecule has 0 aliphatic rings. The molecule has 0 aliphatic carbocycles. The van der Waals surface area contributed by atoms with Crippen LogP contribution >= 0.6 is 11.8 Å². The highest BCUT2D eigenvalue weighted by molar-refractivity contribution is 7.99. The fourth-order valence-corrected chi connectivity index (χ4v) is 4.30. The van der Waals surface area contributed by atoms with Gasteiger partial charge in [-0.3, -0.25) is 9.59 Å². The molecule has 0 saturated carbocycles. The van der Waals surface area contributed by atoms with E-state index in [9.17, 15) is 19.6 Å². The van der Waals surface area contributed by atoms with Crippen LogP contribution in [0.3, 0.4) is 0 Å². The van der Waals surface area contributed by atoms with Gasteiger partial charge in [-0.2, -0.15) is 5.26 Å². The fourth-order valence-electron chi connectivity index (χ4n) is 3.29. The van der Waals surface area contributed by atoms with Crippen LogP contribution in [0.15, 0.2) is 82.6 Å². The molecule has 178 valence electrons. The van der Waals surface area contributed by atoms with Gasteiger partial charge in [0.2, 0.25) is 0 Å². The lowest BCUT2D eigenvalue weighted by Gasteiger charge is -2.18. The van der Waals surface area contributed by atoms with Crippen molar-refractivity contribution in [3.63, 3.8) is 0 Å². The number of anilines is 1. The molecule has 0 spiro atoms. The van der Waals surface area contributed by atoms with Crippen LogP contribution in [0.1, 0.15) is 40.1 Å². The molecule has 0 radical (unpaired) electrons. The summed E-state index contributed by atoms with van der Waals surface area (Å²) >= 11 is 1.28. The maximum atomic E-state index is 12.7. The van der Waals surface area contributed by atoms with Gasteiger partial charge in [-0.1, -0.05) is 36.0 Å². The second-order valence-electron chi connectivity index (χ2n) is 7.39. The number of nitriles is 1. The summed E-state index contributed by atoms with van der Waals surface area (Å²) in [5, 5.41) is 12.0. The Kier molecular flexibility index (Phi) is 9.04. The zero-order valence-corrected chi connectivity index (χ0v) is 20.3. The molecule has 1 N–H and O–H groups in total. The number of nitrogens with zero attached hydrogens (tertiary/aromatic N) is 2. The first-order chi connectivity index (χ1) is 17.0. The Hall–Kier alpha value is -4.09. The highest BCUT2D eigenvalue weighted by Gasteiger charge is 2.17. The summed E-state index contributed by atoms with van der Waals surface area (Å²) in [4.78, 5) is 40.5. The smallest absolute Gasteiger partial charge is 0.339 e. The number of benzene rings is 3. The lowest BCUT2D eigenvalue weighted by atomic mass is 10.2. The van der Waals surface area contributed by atoms with Crippen LogP contribution in [0.2, 0.25) is 0 Å². The molecule has 3 aromatic carbocycles. The van der Waals surface area contributed by atoms with Crippen molar-refractivity contribution in [2.75, 3.05) is 25.0 Å². The number of carbonyl (C=O) groups excluding carboxylic acids is 3. The van der Waals surface area contributed by atoms with Gasteiger partial charge in [0.25, 0.3) is 11.8 Å². The number of rotatable bonds is 9. The lowest BCUT2D eigenvalue weighted by Crippen LogP contribution is -2.30. The van der Waals surface area contributed by atoms with E-state index in [-0.39, 0.29) is 5.91 Å². The summed E-state index contributed by atoms with van der Waals surface area (Å²) in [5.74, 6) is -1.21. The third kappa shape index (κ3) is 6.71. The molecule has 2 amide bonds. The molecule has 7 nitrogen and oxygen atoms in total. The van der Waals surface area contributed by atoms with Crippen molar-refractivity contribution in [3.8, 4) is 6.07 Å². The predicted molar refractivity (Wildman–Crippen MR) is 134 cm³/mol. The summed E-state index contributed by atoms with van der Waals surface area (Å²) in [5.41, 5.74) is 1.83. The Labute approximate surface area is 208 Å². The molecule has 0 unspecified atom stereocenters. The highest BCUT2D eigenvalue weighted by atomic mass is 32.2. The number of esters is 1. The van der Waals surface area contributed by atoms with Gasteiger partial charge >= 0.3 is 5.97 Å². The van der Waals surface area contributed by atoms with E-state index < -0.39 is 18.5 Å². The van der Waals surface area contributed by atoms with Gasteiger partial charge in [-0.15, -0.1) is 0 Å². The number of carbonyl (C=O) groups is 3. The zero-order chi connectivity index (χ0) is 25.2. The zero-order valence-electron chi connectivity index (χ0n) is 19.5. The maximum Gasteiger partial charge on any atom is 0.339 e. The van der Waals surface area contributed by atoms with Crippen LogP contribution < -0.4 is 5.32 Å². The number of ether oxygens (including phenoxy) is 1. The Morgan fingerprint density at radius 1 is 0.914 bits per heavy atom. The van der Waals surface area contributed by atoms with E-state index in [1.165, 1.54) is 11.8 Å². The quantitative estimate of drug-likeness (QED) is 0.427. The van der Waals surface area contributed by atoms with Crippen molar-refractivity contribution in [1.29, 1.82) is 5.26 Å². The molecular weight excluding hydrogens is 462 g/mol. The largest absolute Gasteiger partial charge is 0.452 e. The Morgan fingerprint density at radius 3 is 2.20 bits per heavy atom. The normalized spacial score (nSPS) is 10.2. The molecule has 0 atom stereocenters. The minimum Gasteiger partial charge on any atom is -0.452 e.